The van der Waals surface area contributed by atoms with E-state index in [1.54, 1.807) is 47.6 Å². The first-order valence-corrected chi connectivity index (χ1v) is 8.85. The summed E-state index contributed by atoms with van der Waals surface area (Å²) in [7, 11) is 0. The fourth-order valence-electron chi connectivity index (χ4n) is 2.37. The van der Waals surface area contributed by atoms with Crippen molar-refractivity contribution >= 4 is 28.1 Å². The molecular weight excluding hydrogens is 390 g/mol. The highest BCUT2D eigenvalue weighted by molar-refractivity contribution is 9.10. The lowest BCUT2D eigenvalue weighted by Gasteiger charge is -2.31. The summed E-state index contributed by atoms with van der Waals surface area (Å²) in [6.45, 7) is 10.6. The lowest BCUT2D eigenvalue weighted by Crippen LogP contribution is -2.46. The normalized spacial score (nSPS) is 16.7. The van der Waals surface area contributed by atoms with Crippen molar-refractivity contribution in [2.45, 2.75) is 58.8 Å². The van der Waals surface area contributed by atoms with Gasteiger partial charge in [0.25, 0.3) is 0 Å². The zero-order chi connectivity index (χ0) is 19.0. The van der Waals surface area contributed by atoms with Gasteiger partial charge in [0.15, 0.2) is 0 Å². The summed E-state index contributed by atoms with van der Waals surface area (Å²) >= 11 is 3.47. The lowest BCUT2D eigenvalue weighted by molar-refractivity contribution is -0.00935. The first-order valence-electron chi connectivity index (χ1n) is 8.05. The van der Waals surface area contributed by atoms with E-state index in [4.69, 9.17) is 14.2 Å². The third-order valence-electron chi connectivity index (χ3n) is 3.23. The summed E-state index contributed by atoms with van der Waals surface area (Å²) in [5.41, 5.74) is -0.764. The number of imide groups is 1. The smallest absolute Gasteiger partial charge is 0.420 e. The molecule has 1 aliphatic heterocycles. The molecule has 0 N–H and O–H groups in total. The Morgan fingerprint density at radius 3 is 2.08 bits per heavy atom. The molecule has 7 heteroatoms. The second-order valence-corrected chi connectivity index (χ2v) is 8.66. The average molecular weight is 414 g/mol. The molecular formula is C18H24BrNO5. The van der Waals surface area contributed by atoms with Crippen LogP contribution in [0.15, 0.2) is 22.7 Å². The van der Waals surface area contributed by atoms with E-state index < -0.39 is 29.4 Å². The van der Waals surface area contributed by atoms with Crippen LogP contribution in [-0.2, 0) is 9.47 Å². The number of carbonyl (C=O) groups excluding carboxylic acids is 2. The average Bonchev–Trinajstić information content (AvgIpc) is 2.80. The van der Waals surface area contributed by atoms with E-state index in [-0.39, 0.29) is 6.61 Å². The molecule has 1 unspecified atom stereocenters. The molecule has 0 saturated carbocycles. The van der Waals surface area contributed by atoms with Gasteiger partial charge in [-0.25, -0.2) is 14.5 Å². The van der Waals surface area contributed by atoms with Gasteiger partial charge < -0.3 is 14.2 Å². The molecule has 1 atom stereocenters. The molecule has 2 rings (SSSR count). The second kappa shape index (κ2) is 6.86. The van der Waals surface area contributed by atoms with E-state index in [2.05, 4.69) is 15.9 Å². The topological polar surface area (TPSA) is 65.1 Å². The van der Waals surface area contributed by atoms with Crippen molar-refractivity contribution in [2.24, 2.45) is 0 Å². The van der Waals surface area contributed by atoms with Crippen LogP contribution in [0.5, 0.6) is 5.75 Å². The van der Waals surface area contributed by atoms with Crippen LogP contribution in [0, 0.1) is 0 Å². The SMILES string of the molecule is CC(C)(C)OC(=O)N(C(=O)OC(C)(C)C)C1COc2cccc(Br)c21. The Balaban J connectivity index is 2.40. The van der Waals surface area contributed by atoms with E-state index in [1.807, 2.05) is 12.1 Å². The molecule has 2 amide bonds. The Hall–Kier alpha value is -1.76. The first-order chi connectivity index (χ1) is 11.4. The first kappa shape index (κ1) is 19.6. The van der Waals surface area contributed by atoms with E-state index in [0.29, 0.717) is 5.75 Å². The molecule has 0 bridgehead atoms. The van der Waals surface area contributed by atoms with Crippen LogP contribution in [0.25, 0.3) is 0 Å². The number of benzene rings is 1. The van der Waals surface area contributed by atoms with E-state index in [0.717, 1.165) is 14.9 Å². The van der Waals surface area contributed by atoms with Crippen molar-refractivity contribution < 1.29 is 23.8 Å². The summed E-state index contributed by atoms with van der Waals surface area (Å²) in [6, 6.07) is 4.83. The van der Waals surface area contributed by atoms with E-state index in [9.17, 15) is 9.59 Å². The van der Waals surface area contributed by atoms with Crippen molar-refractivity contribution in [1.29, 1.82) is 0 Å². The van der Waals surface area contributed by atoms with Crippen LogP contribution >= 0.6 is 15.9 Å². The number of rotatable bonds is 1. The van der Waals surface area contributed by atoms with Gasteiger partial charge in [-0.1, -0.05) is 22.0 Å². The number of amides is 2. The number of hydrogen-bond donors (Lipinski definition) is 0. The molecule has 0 spiro atoms. The zero-order valence-electron chi connectivity index (χ0n) is 15.4. The highest BCUT2D eigenvalue weighted by Gasteiger charge is 2.42. The van der Waals surface area contributed by atoms with Gasteiger partial charge >= 0.3 is 12.2 Å². The van der Waals surface area contributed by atoms with Crippen LogP contribution in [0.2, 0.25) is 0 Å². The summed E-state index contributed by atoms with van der Waals surface area (Å²) in [6.07, 6.45) is -1.53. The fourth-order valence-corrected chi connectivity index (χ4v) is 2.99. The van der Waals surface area contributed by atoms with Gasteiger partial charge in [-0.15, -0.1) is 0 Å². The quantitative estimate of drug-likeness (QED) is 0.643. The van der Waals surface area contributed by atoms with E-state index >= 15 is 0 Å². The van der Waals surface area contributed by atoms with Crippen LogP contribution < -0.4 is 4.74 Å². The van der Waals surface area contributed by atoms with Gasteiger partial charge in [0.2, 0.25) is 0 Å². The van der Waals surface area contributed by atoms with Crippen molar-refractivity contribution in [2.75, 3.05) is 6.61 Å². The monoisotopic (exact) mass is 413 g/mol. The molecule has 0 fully saturated rings. The zero-order valence-corrected chi connectivity index (χ0v) is 17.0. The van der Waals surface area contributed by atoms with Crippen LogP contribution in [-0.4, -0.2) is 34.9 Å². The molecule has 0 radical (unpaired) electrons. The van der Waals surface area contributed by atoms with Gasteiger partial charge in [-0.3, -0.25) is 0 Å². The van der Waals surface area contributed by atoms with Crippen LogP contribution in [0.1, 0.15) is 53.1 Å². The summed E-state index contributed by atoms with van der Waals surface area (Å²) in [4.78, 5) is 26.4. The Labute approximate surface area is 156 Å². The molecule has 25 heavy (non-hydrogen) atoms. The van der Waals surface area contributed by atoms with Crippen molar-refractivity contribution in [1.82, 2.24) is 4.90 Å². The third kappa shape index (κ3) is 4.87. The lowest BCUT2D eigenvalue weighted by atomic mass is 10.1. The van der Waals surface area contributed by atoms with Gasteiger partial charge in [0.1, 0.15) is 29.6 Å². The predicted octanol–water partition coefficient (Wildman–Crippen LogP) is 5.05. The number of halogens is 1. The number of nitrogens with zero attached hydrogens (tertiary/aromatic N) is 1. The Kier molecular flexibility index (Phi) is 5.37. The molecule has 6 nitrogen and oxygen atoms in total. The Morgan fingerprint density at radius 1 is 1.08 bits per heavy atom. The van der Waals surface area contributed by atoms with Crippen LogP contribution in [0.4, 0.5) is 9.59 Å². The fraction of sp³-hybridized carbons (Fsp3) is 0.556. The molecule has 138 valence electrons. The maximum Gasteiger partial charge on any atom is 0.420 e. The molecule has 0 aromatic heterocycles. The Morgan fingerprint density at radius 2 is 1.60 bits per heavy atom. The predicted molar refractivity (Wildman–Crippen MR) is 96.7 cm³/mol. The maximum absolute atomic E-state index is 12.7. The number of carbonyl (C=O) groups is 2. The molecule has 0 saturated heterocycles. The molecule has 1 aliphatic rings. The van der Waals surface area contributed by atoms with Gasteiger partial charge in [0.05, 0.1) is 0 Å². The largest absolute Gasteiger partial charge is 0.491 e. The van der Waals surface area contributed by atoms with Crippen LogP contribution in [0.3, 0.4) is 0 Å². The third-order valence-corrected chi connectivity index (χ3v) is 3.93. The number of fused-ring (bicyclic) bond motifs is 1. The maximum atomic E-state index is 12.7. The molecule has 1 aromatic carbocycles. The summed E-state index contributed by atoms with van der Waals surface area (Å²) in [5.74, 6) is 0.622. The molecule has 1 aromatic rings. The van der Waals surface area contributed by atoms with Crippen molar-refractivity contribution in [3.05, 3.63) is 28.2 Å². The van der Waals surface area contributed by atoms with Gasteiger partial charge in [-0.2, -0.15) is 0 Å². The van der Waals surface area contributed by atoms with E-state index in [1.165, 1.54) is 0 Å². The highest BCUT2D eigenvalue weighted by atomic mass is 79.9. The minimum Gasteiger partial charge on any atom is -0.491 e. The van der Waals surface area contributed by atoms with Gasteiger partial charge in [-0.05, 0) is 53.7 Å². The summed E-state index contributed by atoms with van der Waals surface area (Å²) in [5, 5.41) is 0. The summed E-state index contributed by atoms with van der Waals surface area (Å²) < 4.78 is 17.2. The minimum atomic E-state index is -0.765. The Bertz CT molecular complexity index is 647. The van der Waals surface area contributed by atoms with Crippen molar-refractivity contribution in [3.63, 3.8) is 0 Å². The second-order valence-electron chi connectivity index (χ2n) is 7.81. The minimum absolute atomic E-state index is 0.149. The number of hydrogen-bond acceptors (Lipinski definition) is 5. The number of ether oxygens (including phenoxy) is 3. The highest BCUT2D eigenvalue weighted by Crippen LogP contribution is 2.41. The molecule has 0 aliphatic carbocycles. The van der Waals surface area contributed by atoms with Gasteiger partial charge in [0, 0.05) is 10.0 Å². The van der Waals surface area contributed by atoms with Crippen molar-refractivity contribution in [3.8, 4) is 5.75 Å². The standard InChI is InChI=1S/C18H24BrNO5/c1-17(2,3)24-15(21)20(16(22)25-18(4,5)6)12-10-23-13-9-7-8-11(19)14(12)13/h7-9,12H,10H2,1-6H3. The molecule has 1 heterocycles.